The van der Waals surface area contributed by atoms with E-state index in [-0.39, 0.29) is 6.17 Å². The van der Waals surface area contributed by atoms with Gasteiger partial charge in [-0.25, -0.2) is 4.98 Å². The van der Waals surface area contributed by atoms with Crippen LogP contribution in [0.25, 0.3) is 22.4 Å². The van der Waals surface area contributed by atoms with Crippen molar-refractivity contribution in [3.8, 4) is 11.4 Å². The topological polar surface area (TPSA) is 44.0 Å². The highest BCUT2D eigenvalue weighted by atomic mass is 32.2. The maximum atomic E-state index is 4.76. The zero-order valence-corrected chi connectivity index (χ0v) is 20.8. The van der Waals surface area contributed by atoms with Crippen molar-refractivity contribution in [3.63, 3.8) is 0 Å². The second-order valence-electron chi connectivity index (χ2n) is 9.04. The van der Waals surface area contributed by atoms with Crippen LogP contribution in [0, 0.1) is 0 Å². The van der Waals surface area contributed by atoms with Crippen molar-refractivity contribution in [2.45, 2.75) is 16.0 Å². The van der Waals surface area contributed by atoms with E-state index in [9.17, 15) is 0 Å². The van der Waals surface area contributed by atoms with E-state index >= 15 is 0 Å². The molecule has 0 spiro atoms. The number of anilines is 3. The standard InChI is InChI=1S/C32H24N4S/c1-2-10-23(11-3-1)32(36-27-14-6-8-16-29(27)37-30-17-9-7-15-28(30)36)33-24-20-18-22(19-21-24)31-34-25-12-4-5-13-26(25)35-31/h1-21,32-33H,(H,34,35). The molecule has 7 rings (SSSR count). The van der Waals surface area contributed by atoms with Crippen LogP contribution in [-0.2, 0) is 0 Å². The van der Waals surface area contributed by atoms with Gasteiger partial charge in [-0.05, 0) is 66.2 Å². The number of para-hydroxylation sites is 4. The number of nitrogens with zero attached hydrogens (tertiary/aromatic N) is 2. The molecular formula is C32H24N4S. The first-order valence-electron chi connectivity index (χ1n) is 12.4. The minimum atomic E-state index is -0.0959. The Bertz CT molecular complexity index is 1610. The highest BCUT2D eigenvalue weighted by Gasteiger charge is 2.30. The van der Waals surface area contributed by atoms with Crippen molar-refractivity contribution in [1.82, 2.24) is 9.97 Å². The van der Waals surface area contributed by atoms with Gasteiger partial charge >= 0.3 is 0 Å². The van der Waals surface area contributed by atoms with Crippen LogP contribution in [0.5, 0.6) is 0 Å². The number of benzene rings is 5. The summed E-state index contributed by atoms with van der Waals surface area (Å²) in [5.41, 5.74) is 7.72. The zero-order valence-electron chi connectivity index (χ0n) is 20.0. The number of imidazole rings is 1. The van der Waals surface area contributed by atoms with E-state index in [1.807, 2.05) is 30.0 Å². The first kappa shape index (κ1) is 21.8. The van der Waals surface area contributed by atoms with Crippen molar-refractivity contribution in [2.75, 3.05) is 10.2 Å². The zero-order chi connectivity index (χ0) is 24.6. The molecule has 2 N–H and O–H groups in total. The molecule has 0 bridgehead atoms. The SMILES string of the molecule is c1ccc(C(Nc2ccc(-c3nc4ccccc4[nH]3)cc2)N2c3ccccc3Sc3ccccc32)cc1. The molecule has 1 unspecified atom stereocenters. The van der Waals surface area contributed by atoms with Gasteiger partial charge < -0.3 is 15.2 Å². The lowest BCUT2D eigenvalue weighted by molar-refractivity contribution is 0.773. The Labute approximate surface area is 220 Å². The maximum absolute atomic E-state index is 4.76. The molecule has 2 heterocycles. The summed E-state index contributed by atoms with van der Waals surface area (Å²) in [6.45, 7) is 0. The van der Waals surface area contributed by atoms with Crippen LogP contribution in [0.4, 0.5) is 17.1 Å². The van der Waals surface area contributed by atoms with E-state index in [4.69, 9.17) is 4.98 Å². The highest BCUT2D eigenvalue weighted by molar-refractivity contribution is 7.99. The summed E-state index contributed by atoms with van der Waals surface area (Å²) < 4.78 is 0. The number of H-pyrrole nitrogens is 1. The maximum Gasteiger partial charge on any atom is 0.138 e. The fourth-order valence-electron chi connectivity index (χ4n) is 4.92. The van der Waals surface area contributed by atoms with Crippen LogP contribution in [0.1, 0.15) is 11.7 Å². The molecule has 0 aliphatic carbocycles. The second kappa shape index (κ2) is 9.19. The predicted octanol–water partition coefficient (Wildman–Crippen LogP) is 8.64. The van der Waals surface area contributed by atoms with E-state index in [0.717, 1.165) is 28.1 Å². The lowest BCUT2D eigenvalue weighted by Gasteiger charge is -2.39. The molecule has 0 fully saturated rings. The number of aromatic nitrogens is 2. The summed E-state index contributed by atoms with van der Waals surface area (Å²) in [6.07, 6.45) is -0.0959. The monoisotopic (exact) mass is 496 g/mol. The van der Waals surface area contributed by atoms with Gasteiger partial charge in [0.05, 0.1) is 22.4 Å². The lowest BCUT2D eigenvalue weighted by atomic mass is 10.1. The van der Waals surface area contributed by atoms with Crippen molar-refractivity contribution in [1.29, 1.82) is 0 Å². The first-order chi connectivity index (χ1) is 18.3. The number of nitrogens with one attached hydrogen (secondary N) is 2. The molecular weight excluding hydrogens is 472 g/mol. The quantitative estimate of drug-likeness (QED) is 0.251. The third-order valence-electron chi connectivity index (χ3n) is 6.69. The summed E-state index contributed by atoms with van der Waals surface area (Å²) in [4.78, 5) is 13.1. The van der Waals surface area contributed by atoms with Crippen LogP contribution in [0.3, 0.4) is 0 Å². The van der Waals surface area contributed by atoms with Gasteiger partial charge in [0, 0.05) is 21.0 Å². The number of aromatic amines is 1. The highest BCUT2D eigenvalue weighted by Crippen LogP contribution is 2.51. The summed E-state index contributed by atoms with van der Waals surface area (Å²) in [6, 6.07) is 44.6. The fraction of sp³-hybridized carbons (Fsp3) is 0.0312. The molecule has 0 saturated heterocycles. The van der Waals surface area contributed by atoms with Gasteiger partial charge in [0.15, 0.2) is 0 Å². The number of rotatable bonds is 5. The van der Waals surface area contributed by atoms with Gasteiger partial charge in [0.1, 0.15) is 12.0 Å². The molecule has 1 aliphatic heterocycles. The molecule has 178 valence electrons. The lowest BCUT2D eigenvalue weighted by Crippen LogP contribution is -2.31. The summed E-state index contributed by atoms with van der Waals surface area (Å²) in [5, 5.41) is 3.84. The third kappa shape index (κ3) is 4.03. The molecule has 0 saturated carbocycles. The Morgan fingerprint density at radius 2 is 1.27 bits per heavy atom. The molecule has 5 aromatic carbocycles. The van der Waals surface area contributed by atoms with Gasteiger partial charge in [-0.3, -0.25) is 0 Å². The number of fused-ring (bicyclic) bond motifs is 3. The van der Waals surface area contributed by atoms with Crippen LogP contribution >= 0.6 is 11.8 Å². The Morgan fingerprint density at radius 3 is 1.97 bits per heavy atom. The second-order valence-corrected chi connectivity index (χ2v) is 10.1. The van der Waals surface area contributed by atoms with E-state index in [0.29, 0.717) is 0 Å². The van der Waals surface area contributed by atoms with E-state index in [2.05, 4.69) is 124 Å². The molecule has 37 heavy (non-hydrogen) atoms. The molecule has 0 amide bonds. The summed E-state index contributed by atoms with van der Waals surface area (Å²) in [5.74, 6) is 0.878. The van der Waals surface area contributed by atoms with Gasteiger partial charge in [-0.2, -0.15) is 0 Å². The Morgan fingerprint density at radius 1 is 0.649 bits per heavy atom. The summed E-state index contributed by atoms with van der Waals surface area (Å²) in [7, 11) is 0. The Hall–Kier alpha value is -4.48. The van der Waals surface area contributed by atoms with Gasteiger partial charge in [0.25, 0.3) is 0 Å². The normalized spacial score (nSPS) is 13.1. The molecule has 1 aliphatic rings. The predicted molar refractivity (Wildman–Crippen MR) is 153 cm³/mol. The van der Waals surface area contributed by atoms with E-state index < -0.39 is 0 Å². The van der Waals surface area contributed by atoms with Crippen molar-refractivity contribution >= 4 is 39.9 Å². The minimum Gasteiger partial charge on any atom is -0.361 e. The first-order valence-corrected chi connectivity index (χ1v) is 13.2. The molecule has 0 radical (unpaired) electrons. The van der Waals surface area contributed by atoms with E-state index in [1.165, 1.54) is 26.7 Å². The largest absolute Gasteiger partial charge is 0.361 e. The van der Waals surface area contributed by atoms with Crippen molar-refractivity contribution < 1.29 is 0 Å². The number of hydrogen-bond donors (Lipinski definition) is 2. The fourth-order valence-corrected chi connectivity index (χ4v) is 5.99. The average molecular weight is 497 g/mol. The average Bonchev–Trinajstić information content (AvgIpc) is 3.40. The molecule has 6 aromatic rings. The smallest absolute Gasteiger partial charge is 0.138 e. The van der Waals surface area contributed by atoms with Gasteiger partial charge in [0.2, 0.25) is 0 Å². The van der Waals surface area contributed by atoms with Crippen LogP contribution in [-0.4, -0.2) is 9.97 Å². The van der Waals surface area contributed by atoms with Gasteiger partial charge in [-0.15, -0.1) is 0 Å². The van der Waals surface area contributed by atoms with Crippen molar-refractivity contribution in [2.24, 2.45) is 0 Å². The van der Waals surface area contributed by atoms with Crippen LogP contribution in [0.2, 0.25) is 0 Å². The van der Waals surface area contributed by atoms with Crippen LogP contribution in [0.15, 0.2) is 137 Å². The van der Waals surface area contributed by atoms with Gasteiger partial charge in [-0.1, -0.05) is 78.5 Å². The Kier molecular flexibility index (Phi) is 5.41. The molecule has 5 heteroatoms. The molecule has 4 nitrogen and oxygen atoms in total. The van der Waals surface area contributed by atoms with E-state index in [1.54, 1.807) is 0 Å². The molecule has 1 aromatic heterocycles. The van der Waals surface area contributed by atoms with Crippen LogP contribution < -0.4 is 10.2 Å². The van der Waals surface area contributed by atoms with Crippen molar-refractivity contribution in [3.05, 3.63) is 133 Å². The third-order valence-corrected chi connectivity index (χ3v) is 7.82. The summed E-state index contributed by atoms with van der Waals surface area (Å²) >= 11 is 1.83. The number of hydrogen-bond acceptors (Lipinski definition) is 4. The minimum absolute atomic E-state index is 0.0959. The molecule has 1 atom stereocenters. The Balaban J connectivity index is 1.28.